The molecule has 0 aromatic carbocycles. The van der Waals surface area contributed by atoms with Crippen molar-refractivity contribution in [2.75, 3.05) is 18.8 Å². The van der Waals surface area contributed by atoms with Crippen LogP contribution in [0.4, 0.5) is 0 Å². The molecule has 0 fully saturated rings. The fourth-order valence-electron chi connectivity index (χ4n) is 1.78. The van der Waals surface area contributed by atoms with Crippen molar-refractivity contribution in [3.8, 4) is 0 Å². The summed E-state index contributed by atoms with van der Waals surface area (Å²) in [5.74, 6) is 1.60. The molecular weight excluding hydrogens is 328 g/mol. The Labute approximate surface area is 145 Å². The molecule has 1 heterocycles. The molecule has 0 aliphatic carbocycles. The Bertz CT molecular complexity index is 643. The molecule has 0 amide bonds. The molecule has 1 aromatic rings. The van der Waals surface area contributed by atoms with Gasteiger partial charge in [0.05, 0.1) is 16.2 Å². The Hall–Kier alpha value is -1.57. The van der Waals surface area contributed by atoms with E-state index in [4.69, 9.17) is 4.52 Å². The molecule has 1 rings (SSSR count). The van der Waals surface area contributed by atoms with Gasteiger partial charge in [0.15, 0.2) is 21.6 Å². The number of guanidine groups is 1. The van der Waals surface area contributed by atoms with Gasteiger partial charge in [0.2, 0.25) is 0 Å². The summed E-state index contributed by atoms with van der Waals surface area (Å²) in [4.78, 5) is 4.40. The fraction of sp³-hybridized carbons (Fsp3) is 0.750. The molecule has 1 aromatic heterocycles. The highest BCUT2D eigenvalue weighted by Crippen LogP contribution is 2.15. The minimum atomic E-state index is -3.16. The van der Waals surface area contributed by atoms with Crippen LogP contribution in [0.1, 0.15) is 58.9 Å². The molecule has 7 nitrogen and oxygen atoms in total. The van der Waals surface area contributed by atoms with Crippen LogP contribution >= 0.6 is 0 Å². The van der Waals surface area contributed by atoms with Gasteiger partial charge in [-0.05, 0) is 33.6 Å². The van der Waals surface area contributed by atoms with E-state index in [1.54, 1.807) is 20.8 Å². The van der Waals surface area contributed by atoms with Gasteiger partial charge in [-0.3, -0.25) is 0 Å². The van der Waals surface area contributed by atoms with Crippen LogP contribution in [0.25, 0.3) is 0 Å². The minimum absolute atomic E-state index is 0.0563. The quantitative estimate of drug-likeness (QED) is 0.572. The summed E-state index contributed by atoms with van der Waals surface area (Å²) in [6, 6.07) is 1.89. The lowest BCUT2D eigenvalue weighted by Crippen LogP contribution is -2.41. The maximum Gasteiger partial charge on any atom is 0.191 e. The number of nitrogens with one attached hydrogen (secondary N) is 2. The maximum absolute atomic E-state index is 12.1. The SMILES string of the molecule is CCNC(=NCc1cc(C(C)C)no1)NCCS(=O)(=O)C(C)(C)C. The van der Waals surface area contributed by atoms with Gasteiger partial charge in [-0.1, -0.05) is 19.0 Å². The van der Waals surface area contributed by atoms with Gasteiger partial charge in [-0.2, -0.15) is 0 Å². The summed E-state index contributed by atoms with van der Waals surface area (Å²) in [5.41, 5.74) is 0.898. The van der Waals surface area contributed by atoms with Crippen LogP contribution in [-0.2, 0) is 16.4 Å². The summed E-state index contributed by atoms with van der Waals surface area (Å²) in [6.07, 6.45) is 0. The molecule has 0 radical (unpaired) electrons. The van der Waals surface area contributed by atoms with E-state index in [9.17, 15) is 8.42 Å². The molecule has 0 aliphatic heterocycles. The average molecular weight is 359 g/mol. The van der Waals surface area contributed by atoms with Crippen LogP contribution in [0.3, 0.4) is 0 Å². The van der Waals surface area contributed by atoms with E-state index < -0.39 is 14.6 Å². The predicted octanol–water partition coefficient (Wildman–Crippen LogP) is 2.07. The van der Waals surface area contributed by atoms with E-state index in [1.807, 2.05) is 26.8 Å². The summed E-state index contributed by atoms with van der Waals surface area (Å²) in [7, 11) is -3.16. The first kappa shape index (κ1) is 20.5. The van der Waals surface area contributed by atoms with Crippen LogP contribution in [0, 0.1) is 0 Å². The van der Waals surface area contributed by atoms with Crippen molar-refractivity contribution in [3.05, 3.63) is 17.5 Å². The van der Waals surface area contributed by atoms with E-state index in [1.165, 1.54) is 0 Å². The van der Waals surface area contributed by atoms with Crippen LogP contribution in [-0.4, -0.2) is 43.1 Å². The first-order valence-corrected chi connectivity index (χ1v) is 9.92. The topological polar surface area (TPSA) is 96.6 Å². The third kappa shape index (κ3) is 6.14. The highest BCUT2D eigenvalue weighted by atomic mass is 32.2. The molecule has 0 saturated carbocycles. The second-order valence-corrected chi connectivity index (χ2v) is 9.79. The van der Waals surface area contributed by atoms with Gasteiger partial charge in [-0.15, -0.1) is 0 Å². The highest BCUT2D eigenvalue weighted by molar-refractivity contribution is 7.92. The van der Waals surface area contributed by atoms with Crippen LogP contribution in [0.15, 0.2) is 15.6 Å². The predicted molar refractivity (Wildman–Crippen MR) is 97.0 cm³/mol. The summed E-state index contributed by atoms with van der Waals surface area (Å²) < 4.78 is 28.7. The van der Waals surface area contributed by atoms with Crippen LogP contribution < -0.4 is 10.6 Å². The lowest BCUT2D eigenvalue weighted by Gasteiger charge is -2.19. The maximum atomic E-state index is 12.1. The monoisotopic (exact) mass is 358 g/mol. The Balaban J connectivity index is 2.63. The van der Waals surface area contributed by atoms with Crippen molar-refractivity contribution in [2.24, 2.45) is 4.99 Å². The number of rotatable bonds is 7. The minimum Gasteiger partial charge on any atom is -0.359 e. The zero-order valence-corrected chi connectivity index (χ0v) is 16.3. The number of nitrogens with zero attached hydrogens (tertiary/aromatic N) is 2. The van der Waals surface area contributed by atoms with Crippen molar-refractivity contribution < 1.29 is 12.9 Å². The highest BCUT2D eigenvalue weighted by Gasteiger charge is 2.28. The van der Waals surface area contributed by atoms with Gasteiger partial charge in [-0.25, -0.2) is 13.4 Å². The van der Waals surface area contributed by atoms with Gasteiger partial charge in [0.1, 0.15) is 6.54 Å². The molecule has 0 saturated heterocycles. The second-order valence-electron chi connectivity index (χ2n) is 6.93. The summed E-state index contributed by atoms with van der Waals surface area (Å²) in [6.45, 7) is 12.5. The molecule has 8 heteroatoms. The number of aliphatic imine (C=N–C) groups is 1. The molecule has 2 N–H and O–H groups in total. The molecule has 138 valence electrons. The Kier molecular flexibility index (Phi) is 7.26. The Morgan fingerprint density at radius 3 is 2.50 bits per heavy atom. The number of sulfone groups is 1. The standard InChI is InChI=1S/C16H30N4O3S/c1-7-17-15(18-8-9-24(21,22)16(4,5)6)19-11-13-10-14(12(2)3)20-23-13/h10,12H,7-9,11H2,1-6H3,(H2,17,18,19). The Morgan fingerprint density at radius 1 is 1.33 bits per heavy atom. The number of hydrogen-bond donors (Lipinski definition) is 2. The van der Waals surface area contributed by atoms with Crippen molar-refractivity contribution in [1.29, 1.82) is 0 Å². The van der Waals surface area contributed by atoms with Crippen molar-refractivity contribution in [3.63, 3.8) is 0 Å². The van der Waals surface area contributed by atoms with Crippen LogP contribution in [0.5, 0.6) is 0 Å². The number of aromatic nitrogens is 1. The first-order chi connectivity index (χ1) is 11.1. The summed E-state index contributed by atoms with van der Waals surface area (Å²) in [5, 5.41) is 10.1. The number of hydrogen-bond acceptors (Lipinski definition) is 5. The second kappa shape index (κ2) is 8.50. The lowest BCUT2D eigenvalue weighted by atomic mass is 10.1. The fourth-order valence-corrected chi connectivity index (χ4v) is 2.77. The third-order valence-electron chi connectivity index (χ3n) is 3.50. The van der Waals surface area contributed by atoms with Gasteiger partial charge in [0, 0.05) is 19.2 Å². The Morgan fingerprint density at radius 2 is 2.00 bits per heavy atom. The van der Waals surface area contributed by atoms with Crippen molar-refractivity contribution >= 4 is 15.8 Å². The van der Waals surface area contributed by atoms with E-state index in [2.05, 4.69) is 20.8 Å². The van der Waals surface area contributed by atoms with E-state index in [0.29, 0.717) is 37.3 Å². The molecule has 0 bridgehead atoms. The molecule has 0 spiro atoms. The van der Waals surface area contributed by atoms with E-state index in [0.717, 1.165) is 5.69 Å². The molecule has 0 atom stereocenters. The average Bonchev–Trinajstić information content (AvgIpc) is 2.92. The summed E-state index contributed by atoms with van der Waals surface area (Å²) >= 11 is 0. The molecule has 24 heavy (non-hydrogen) atoms. The molecule has 0 aliphatic rings. The van der Waals surface area contributed by atoms with Crippen molar-refractivity contribution in [1.82, 2.24) is 15.8 Å². The smallest absolute Gasteiger partial charge is 0.191 e. The zero-order chi connectivity index (χ0) is 18.4. The van der Waals surface area contributed by atoms with E-state index in [-0.39, 0.29) is 5.75 Å². The van der Waals surface area contributed by atoms with Crippen LogP contribution in [0.2, 0.25) is 0 Å². The largest absolute Gasteiger partial charge is 0.359 e. The van der Waals surface area contributed by atoms with E-state index >= 15 is 0 Å². The zero-order valence-electron chi connectivity index (χ0n) is 15.5. The van der Waals surface area contributed by atoms with Gasteiger partial charge >= 0.3 is 0 Å². The van der Waals surface area contributed by atoms with Gasteiger partial charge in [0.25, 0.3) is 0 Å². The molecule has 0 unspecified atom stereocenters. The van der Waals surface area contributed by atoms with Gasteiger partial charge < -0.3 is 15.2 Å². The normalized spacial score (nSPS) is 13.4. The van der Waals surface area contributed by atoms with Crippen molar-refractivity contribution in [2.45, 2.75) is 58.8 Å². The first-order valence-electron chi connectivity index (χ1n) is 8.26. The third-order valence-corrected chi connectivity index (χ3v) is 6.11. The lowest BCUT2D eigenvalue weighted by molar-refractivity contribution is 0.376. The molecular formula is C16H30N4O3S.